The van der Waals surface area contributed by atoms with Gasteiger partial charge in [0.05, 0.1) is 12.7 Å². The molecule has 1 saturated heterocycles. The summed E-state index contributed by atoms with van der Waals surface area (Å²) in [5.74, 6) is 0. The Bertz CT molecular complexity index is 416. The van der Waals surface area contributed by atoms with E-state index in [4.69, 9.17) is 4.74 Å². The first-order valence-electron chi connectivity index (χ1n) is 8.24. The molecule has 1 aliphatic rings. The summed E-state index contributed by atoms with van der Waals surface area (Å²) in [6, 6.07) is 9.85. The maximum atomic E-state index is 6.06. The zero-order valence-corrected chi connectivity index (χ0v) is 13.9. The second kappa shape index (κ2) is 7.92. The van der Waals surface area contributed by atoms with E-state index in [0.29, 0.717) is 12.1 Å². The highest BCUT2D eigenvalue weighted by atomic mass is 16.5. The SMILES string of the molecule is CCNC(Cc1ccc(C)cc1)C1CN(C(C)C)CCO1. The second-order valence-corrected chi connectivity index (χ2v) is 6.35. The van der Waals surface area contributed by atoms with E-state index in [0.717, 1.165) is 32.7 Å². The van der Waals surface area contributed by atoms with Gasteiger partial charge in [-0.1, -0.05) is 36.8 Å². The van der Waals surface area contributed by atoms with Crippen LogP contribution in [0.1, 0.15) is 31.9 Å². The monoisotopic (exact) mass is 290 g/mol. The van der Waals surface area contributed by atoms with Crippen molar-refractivity contribution in [3.8, 4) is 0 Å². The lowest BCUT2D eigenvalue weighted by Crippen LogP contribution is -2.54. The van der Waals surface area contributed by atoms with E-state index >= 15 is 0 Å². The minimum Gasteiger partial charge on any atom is -0.374 e. The van der Waals surface area contributed by atoms with Gasteiger partial charge in [-0.05, 0) is 39.3 Å². The second-order valence-electron chi connectivity index (χ2n) is 6.35. The summed E-state index contributed by atoms with van der Waals surface area (Å²) in [5.41, 5.74) is 2.70. The van der Waals surface area contributed by atoms with Crippen molar-refractivity contribution in [2.24, 2.45) is 0 Å². The molecule has 0 saturated carbocycles. The lowest BCUT2D eigenvalue weighted by atomic mass is 9.98. The number of rotatable bonds is 6. The molecule has 0 spiro atoms. The van der Waals surface area contributed by atoms with Gasteiger partial charge in [-0.25, -0.2) is 0 Å². The predicted molar refractivity (Wildman–Crippen MR) is 88.8 cm³/mol. The van der Waals surface area contributed by atoms with Crippen LogP contribution in [0.5, 0.6) is 0 Å². The summed E-state index contributed by atoms with van der Waals surface area (Å²) < 4.78 is 6.06. The van der Waals surface area contributed by atoms with Crippen molar-refractivity contribution in [3.05, 3.63) is 35.4 Å². The van der Waals surface area contributed by atoms with Crippen molar-refractivity contribution in [1.82, 2.24) is 10.2 Å². The number of morpholine rings is 1. The first kappa shape index (κ1) is 16.5. The van der Waals surface area contributed by atoms with Crippen LogP contribution in [0.2, 0.25) is 0 Å². The molecule has 0 bridgehead atoms. The topological polar surface area (TPSA) is 24.5 Å². The molecule has 2 atom stereocenters. The number of benzene rings is 1. The Kier molecular flexibility index (Phi) is 6.22. The molecule has 0 amide bonds. The number of hydrogen-bond acceptors (Lipinski definition) is 3. The highest BCUT2D eigenvalue weighted by Gasteiger charge is 2.28. The molecule has 21 heavy (non-hydrogen) atoms. The molecule has 2 unspecified atom stereocenters. The van der Waals surface area contributed by atoms with Gasteiger partial charge in [-0.15, -0.1) is 0 Å². The first-order chi connectivity index (χ1) is 10.1. The van der Waals surface area contributed by atoms with Gasteiger partial charge in [0.15, 0.2) is 0 Å². The zero-order chi connectivity index (χ0) is 15.2. The number of ether oxygens (including phenoxy) is 1. The fourth-order valence-corrected chi connectivity index (χ4v) is 2.98. The van der Waals surface area contributed by atoms with Gasteiger partial charge in [0, 0.05) is 25.2 Å². The van der Waals surface area contributed by atoms with E-state index in [9.17, 15) is 0 Å². The van der Waals surface area contributed by atoms with Crippen LogP contribution in [-0.2, 0) is 11.2 Å². The summed E-state index contributed by atoms with van der Waals surface area (Å²) in [5, 5.41) is 3.62. The number of hydrogen-bond donors (Lipinski definition) is 1. The fraction of sp³-hybridized carbons (Fsp3) is 0.667. The molecule has 1 fully saturated rings. The highest BCUT2D eigenvalue weighted by molar-refractivity contribution is 5.22. The number of nitrogens with zero attached hydrogens (tertiary/aromatic N) is 1. The molecule has 1 N–H and O–H groups in total. The van der Waals surface area contributed by atoms with Crippen LogP contribution in [0.25, 0.3) is 0 Å². The average molecular weight is 290 g/mol. The lowest BCUT2D eigenvalue weighted by Gasteiger charge is -2.39. The summed E-state index contributed by atoms with van der Waals surface area (Å²) >= 11 is 0. The van der Waals surface area contributed by atoms with Gasteiger partial charge in [0.2, 0.25) is 0 Å². The molecule has 0 aromatic heterocycles. The highest BCUT2D eigenvalue weighted by Crippen LogP contribution is 2.16. The zero-order valence-electron chi connectivity index (χ0n) is 13.9. The molecule has 1 heterocycles. The van der Waals surface area contributed by atoms with E-state index in [2.05, 4.69) is 62.2 Å². The Morgan fingerprint density at radius 2 is 2.00 bits per heavy atom. The number of aryl methyl sites for hydroxylation is 1. The molecule has 0 radical (unpaired) electrons. The average Bonchev–Trinajstić information content (AvgIpc) is 2.49. The Hall–Kier alpha value is -0.900. The van der Waals surface area contributed by atoms with E-state index in [1.54, 1.807) is 0 Å². The normalized spacial score (nSPS) is 21.7. The van der Waals surface area contributed by atoms with E-state index in [-0.39, 0.29) is 6.10 Å². The van der Waals surface area contributed by atoms with Crippen LogP contribution in [0, 0.1) is 6.92 Å². The van der Waals surface area contributed by atoms with Crippen LogP contribution in [0.3, 0.4) is 0 Å². The number of nitrogens with one attached hydrogen (secondary N) is 1. The van der Waals surface area contributed by atoms with Crippen molar-refractivity contribution >= 4 is 0 Å². The molecule has 118 valence electrons. The van der Waals surface area contributed by atoms with Gasteiger partial charge in [0.1, 0.15) is 0 Å². The summed E-state index contributed by atoms with van der Waals surface area (Å²) in [6.07, 6.45) is 1.31. The van der Waals surface area contributed by atoms with Crippen molar-refractivity contribution in [3.63, 3.8) is 0 Å². The molecular formula is C18H30N2O. The van der Waals surface area contributed by atoms with E-state index in [1.165, 1.54) is 11.1 Å². The van der Waals surface area contributed by atoms with Crippen LogP contribution < -0.4 is 5.32 Å². The minimum absolute atomic E-state index is 0.280. The fourth-order valence-electron chi connectivity index (χ4n) is 2.98. The largest absolute Gasteiger partial charge is 0.374 e. The van der Waals surface area contributed by atoms with Gasteiger partial charge in [-0.2, -0.15) is 0 Å². The number of likely N-dealkylation sites (N-methyl/N-ethyl adjacent to an activating group) is 1. The third-order valence-electron chi connectivity index (χ3n) is 4.35. The molecule has 1 aromatic rings. The first-order valence-corrected chi connectivity index (χ1v) is 8.24. The van der Waals surface area contributed by atoms with Gasteiger partial charge < -0.3 is 10.1 Å². The van der Waals surface area contributed by atoms with Crippen LogP contribution in [0.15, 0.2) is 24.3 Å². The molecule has 0 aliphatic carbocycles. The van der Waals surface area contributed by atoms with E-state index < -0.39 is 0 Å². The maximum Gasteiger partial charge on any atom is 0.0858 e. The van der Waals surface area contributed by atoms with Crippen LogP contribution in [0.4, 0.5) is 0 Å². The Balaban J connectivity index is 2.01. The summed E-state index contributed by atoms with van der Waals surface area (Å²) in [4.78, 5) is 2.52. The molecule has 3 heteroatoms. The van der Waals surface area contributed by atoms with Crippen molar-refractivity contribution < 1.29 is 4.74 Å². The maximum absolute atomic E-state index is 6.06. The standard InChI is InChI=1S/C18H30N2O/c1-5-19-17(12-16-8-6-15(4)7-9-16)18-13-20(14(2)3)10-11-21-18/h6-9,14,17-19H,5,10-13H2,1-4H3. The molecule has 1 aromatic carbocycles. The third-order valence-corrected chi connectivity index (χ3v) is 4.35. The summed E-state index contributed by atoms with van der Waals surface area (Å²) in [7, 11) is 0. The predicted octanol–water partition coefficient (Wildman–Crippen LogP) is 2.62. The van der Waals surface area contributed by atoms with Gasteiger partial charge in [0.25, 0.3) is 0 Å². The quantitative estimate of drug-likeness (QED) is 0.871. The third kappa shape index (κ3) is 4.80. The van der Waals surface area contributed by atoms with Crippen molar-refractivity contribution in [1.29, 1.82) is 0 Å². The van der Waals surface area contributed by atoms with E-state index in [1.807, 2.05) is 0 Å². The Labute approximate surface area is 129 Å². The van der Waals surface area contributed by atoms with Crippen LogP contribution in [-0.4, -0.2) is 49.3 Å². The van der Waals surface area contributed by atoms with Gasteiger partial charge in [-0.3, -0.25) is 4.90 Å². The molecule has 3 nitrogen and oxygen atoms in total. The Morgan fingerprint density at radius 1 is 1.29 bits per heavy atom. The smallest absolute Gasteiger partial charge is 0.0858 e. The van der Waals surface area contributed by atoms with Gasteiger partial charge >= 0.3 is 0 Å². The van der Waals surface area contributed by atoms with Crippen molar-refractivity contribution in [2.75, 3.05) is 26.2 Å². The molecular weight excluding hydrogens is 260 g/mol. The summed E-state index contributed by atoms with van der Waals surface area (Å²) in [6.45, 7) is 12.8. The van der Waals surface area contributed by atoms with Crippen molar-refractivity contribution in [2.45, 2.75) is 52.3 Å². The van der Waals surface area contributed by atoms with Crippen LogP contribution >= 0.6 is 0 Å². The Morgan fingerprint density at radius 3 is 2.62 bits per heavy atom. The molecule has 1 aliphatic heterocycles. The lowest BCUT2D eigenvalue weighted by molar-refractivity contribution is -0.0550. The minimum atomic E-state index is 0.280. The molecule has 2 rings (SSSR count).